The molecule has 0 saturated carbocycles. The van der Waals surface area contributed by atoms with E-state index in [1.54, 1.807) is 6.20 Å². The minimum Gasteiger partial charge on any atom is -0.423 e. The lowest BCUT2D eigenvalue weighted by Crippen LogP contribution is -2.11. The van der Waals surface area contributed by atoms with E-state index in [-0.39, 0.29) is 5.91 Å². The average Bonchev–Trinajstić information content (AvgIpc) is 3.11. The molecule has 0 radical (unpaired) electrons. The van der Waals surface area contributed by atoms with Crippen molar-refractivity contribution in [3.63, 3.8) is 0 Å². The molecule has 0 bridgehead atoms. The number of aromatic nitrogens is 3. The monoisotopic (exact) mass is 308 g/mol. The summed E-state index contributed by atoms with van der Waals surface area (Å²) in [7, 11) is 0. The minimum atomic E-state index is -0.00790. The summed E-state index contributed by atoms with van der Waals surface area (Å²) in [6.45, 7) is 0. The molecular weight excluding hydrogens is 292 g/mol. The largest absolute Gasteiger partial charge is 0.423 e. The third kappa shape index (κ3) is 4.23. The van der Waals surface area contributed by atoms with E-state index < -0.39 is 0 Å². The lowest BCUT2D eigenvalue weighted by Gasteiger charge is -2.05. The van der Waals surface area contributed by atoms with Crippen molar-refractivity contribution in [1.29, 1.82) is 0 Å². The molecule has 6 heteroatoms. The molecule has 0 spiro atoms. The van der Waals surface area contributed by atoms with Gasteiger partial charge in [0.2, 0.25) is 18.2 Å². The summed E-state index contributed by atoms with van der Waals surface area (Å²) in [4.78, 5) is 16.2. The van der Waals surface area contributed by atoms with Crippen molar-refractivity contribution in [1.82, 2.24) is 15.2 Å². The molecule has 1 N–H and O–H groups in total. The molecule has 0 saturated heterocycles. The van der Waals surface area contributed by atoms with Crippen molar-refractivity contribution in [3.8, 4) is 11.5 Å². The van der Waals surface area contributed by atoms with E-state index in [4.69, 9.17) is 4.42 Å². The predicted octanol–water partition coefficient (Wildman–Crippen LogP) is 3.09. The van der Waals surface area contributed by atoms with Crippen LogP contribution in [-0.2, 0) is 11.2 Å². The van der Waals surface area contributed by atoms with E-state index in [1.807, 2.05) is 42.5 Å². The zero-order chi connectivity index (χ0) is 15.9. The summed E-state index contributed by atoms with van der Waals surface area (Å²) in [5.74, 6) is 0.449. The van der Waals surface area contributed by atoms with Crippen LogP contribution in [0.3, 0.4) is 0 Å². The number of amides is 1. The first kappa shape index (κ1) is 14.9. The van der Waals surface area contributed by atoms with Gasteiger partial charge in [-0.2, -0.15) is 0 Å². The Kier molecular flexibility index (Phi) is 4.73. The summed E-state index contributed by atoms with van der Waals surface area (Å²) in [5.41, 5.74) is 2.57. The van der Waals surface area contributed by atoms with E-state index in [0.29, 0.717) is 12.3 Å². The van der Waals surface area contributed by atoms with Crippen molar-refractivity contribution in [2.75, 3.05) is 5.32 Å². The SMILES string of the molecule is O=C(CCCc1ccccn1)Nc1ccc(-c2nnco2)cc1. The maximum absolute atomic E-state index is 11.9. The van der Waals surface area contributed by atoms with Gasteiger partial charge in [-0.1, -0.05) is 6.07 Å². The number of hydrogen-bond donors (Lipinski definition) is 1. The van der Waals surface area contributed by atoms with Crippen LogP contribution in [0.15, 0.2) is 59.5 Å². The maximum Gasteiger partial charge on any atom is 0.247 e. The van der Waals surface area contributed by atoms with E-state index in [9.17, 15) is 4.79 Å². The number of carbonyl (C=O) groups is 1. The number of hydrogen-bond acceptors (Lipinski definition) is 5. The van der Waals surface area contributed by atoms with Gasteiger partial charge in [-0.15, -0.1) is 10.2 Å². The van der Waals surface area contributed by atoms with Crippen LogP contribution in [0, 0.1) is 0 Å². The lowest BCUT2D eigenvalue weighted by atomic mass is 10.1. The van der Waals surface area contributed by atoms with Gasteiger partial charge in [0.15, 0.2) is 0 Å². The lowest BCUT2D eigenvalue weighted by molar-refractivity contribution is -0.116. The molecule has 0 fully saturated rings. The van der Waals surface area contributed by atoms with Crippen LogP contribution in [0.1, 0.15) is 18.5 Å². The second-order valence-electron chi connectivity index (χ2n) is 5.04. The number of rotatable bonds is 6. The number of anilines is 1. The molecule has 0 aliphatic rings. The molecule has 23 heavy (non-hydrogen) atoms. The number of benzene rings is 1. The van der Waals surface area contributed by atoms with Gasteiger partial charge in [-0.3, -0.25) is 9.78 Å². The topological polar surface area (TPSA) is 80.9 Å². The highest BCUT2D eigenvalue weighted by Crippen LogP contribution is 2.19. The summed E-state index contributed by atoms with van der Waals surface area (Å²) < 4.78 is 5.12. The summed E-state index contributed by atoms with van der Waals surface area (Å²) >= 11 is 0. The Labute approximate surface area is 133 Å². The fourth-order valence-electron chi connectivity index (χ4n) is 2.19. The smallest absolute Gasteiger partial charge is 0.247 e. The quantitative estimate of drug-likeness (QED) is 0.756. The van der Waals surface area contributed by atoms with Gasteiger partial charge < -0.3 is 9.73 Å². The van der Waals surface area contributed by atoms with Crippen molar-refractivity contribution in [3.05, 3.63) is 60.7 Å². The summed E-state index contributed by atoms with van der Waals surface area (Å²) in [6.07, 6.45) is 5.07. The number of pyridine rings is 1. The Hall–Kier alpha value is -3.02. The van der Waals surface area contributed by atoms with Crippen molar-refractivity contribution >= 4 is 11.6 Å². The summed E-state index contributed by atoms with van der Waals surface area (Å²) in [6, 6.07) is 13.1. The van der Waals surface area contributed by atoms with Gasteiger partial charge in [0.25, 0.3) is 0 Å². The van der Waals surface area contributed by atoms with Crippen LogP contribution in [0.25, 0.3) is 11.5 Å². The molecule has 2 heterocycles. The van der Waals surface area contributed by atoms with Gasteiger partial charge in [0.05, 0.1) is 0 Å². The van der Waals surface area contributed by atoms with E-state index in [2.05, 4.69) is 20.5 Å². The highest BCUT2D eigenvalue weighted by Gasteiger charge is 2.06. The Morgan fingerprint density at radius 2 is 2.00 bits per heavy atom. The van der Waals surface area contributed by atoms with Crippen LogP contribution in [-0.4, -0.2) is 21.1 Å². The fourth-order valence-corrected chi connectivity index (χ4v) is 2.19. The van der Waals surface area contributed by atoms with Crippen LogP contribution in [0.4, 0.5) is 5.69 Å². The maximum atomic E-state index is 11.9. The Morgan fingerprint density at radius 1 is 1.13 bits per heavy atom. The predicted molar refractivity (Wildman–Crippen MR) is 85.5 cm³/mol. The van der Waals surface area contributed by atoms with Crippen LogP contribution in [0.5, 0.6) is 0 Å². The molecule has 0 atom stereocenters. The van der Waals surface area contributed by atoms with Gasteiger partial charge in [-0.05, 0) is 49.2 Å². The van der Waals surface area contributed by atoms with Gasteiger partial charge in [0.1, 0.15) is 0 Å². The molecular formula is C17H16N4O2. The van der Waals surface area contributed by atoms with Gasteiger partial charge >= 0.3 is 0 Å². The molecule has 0 unspecified atom stereocenters. The first-order chi connectivity index (χ1) is 11.3. The molecule has 0 aliphatic heterocycles. The Balaban J connectivity index is 1.48. The standard InChI is InChI=1S/C17H16N4O2/c22-16(6-3-5-14-4-1-2-11-18-14)20-15-9-7-13(8-10-15)17-21-19-12-23-17/h1-2,4,7-12H,3,5-6H2,(H,20,22). The molecule has 1 aromatic carbocycles. The molecule has 3 aromatic rings. The molecule has 0 aliphatic carbocycles. The second kappa shape index (κ2) is 7.31. The Bertz CT molecular complexity index is 740. The molecule has 6 nitrogen and oxygen atoms in total. The number of carbonyl (C=O) groups excluding carboxylic acids is 1. The number of nitrogens with one attached hydrogen (secondary N) is 1. The first-order valence-corrected chi connectivity index (χ1v) is 7.37. The zero-order valence-electron chi connectivity index (χ0n) is 12.5. The normalized spacial score (nSPS) is 10.4. The van der Waals surface area contributed by atoms with Gasteiger partial charge in [-0.25, -0.2) is 0 Å². The van der Waals surface area contributed by atoms with Crippen molar-refractivity contribution in [2.45, 2.75) is 19.3 Å². The highest BCUT2D eigenvalue weighted by molar-refractivity contribution is 5.90. The minimum absolute atomic E-state index is 0.00790. The first-order valence-electron chi connectivity index (χ1n) is 7.37. The van der Waals surface area contributed by atoms with Crippen LogP contribution >= 0.6 is 0 Å². The fraction of sp³-hybridized carbons (Fsp3) is 0.176. The number of aryl methyl sites for hydroxylation is 1. The molecule has 2 aromatic heterocycles. The molecule has 116 valence electrons. The second-order valence-corrected chi connectivity index (χ2v) is 5.04. The van der Waals surface area contributed by atoms with Gasteiger partial charge in [0, 0.05) is 29.6 Å². The molecule has 1 amide bonds. The third-order valence-corrected chi connectivity index (χ3v) is 3.34. The number of nitrogens with zero attached hydrogens (tertiary/aromatic N) is 3. The van der Waals surface area contributed by atoms with Crippen LogP contribution < -0.4 is 5.32 Å². The van der Waals surface area contributed by atoms with Crippen LogP contribution in [0.2, 0.25) is 0 Å². The average molecular weight is 308 g/mol. The van der Waals surface area contributed by atoms with E-state index >= 15 is 0 Å². The van der Waals surface area contributed by atoms with E-state index in [0.717, 1.165) is 29.8 Å². The molecule has 3 rings (SSSR count). The third-order valence-electron chi connectivity index (χ3n) is 3.34. The summed E-state index contributed by atoms with van der Waals surface area (Å²) in [5, 5.41) is 10.3. The van der Waals surface area contributed by atoms with Crippen molar-refractivity contribution in [2.24, 2.45) is 0 Å². The van der Waals surface area contributed by atoms with E-state index in [1.165, 1.54) is 6.39 Å². The Morgan fingerprint density at radius 3 is 2.70 bits per heavy atom. The zero-order valence-corrected chi connectivity index (χ0v) is 12.5. The van der Waals surface area contributed by atoms with Crippen molar-refractivity contribution < 1.29 is 9.21 Å². The highest BCUT2D eigenvalue weighted by atomic mass is 16.4.